The highest BCUT2D eigenvalue weighted by molar-refractivity contribution is 7.99. The van der Waals surface area contributed by atoms with Crippen LogP contribution in [0.4, 0.5) is 0 Å². The molecule has 2 rings (SSSR count). The van der Waals surface area contributed by atoms with Crippen LogP contribution in [0.3, 0.4) is 0 Å². The van der Waals surface area contributed by atoms with Crippen molar-refractivity contribution in [3.8, 4) is 0 Å². The first-order valence-corrected chi connectivity index (χ1v) is 5.89. The van der Waals surface area contributed by atoms with E-state index in [2.05, 4.69) is 23.7 Å². The number of rotatable bonds is 3. The van der Waals surface area contributed by atoms with Crippen LogP contribution in [-0.2, 0) is 0 Å². The summed E-state index contributed by atoms with van der Waals surface area (Å²) >= 11 is 2.06. The average Bonchev–Trinajstić information content (AvgIpc) is 2.68. The molecule has 1 saturated carbocycles. The molecule has 12 heavy (non-hydrogen) atoms. The van der Waals surface area contributed by atoms with Gasteiger partial charge in [0.15, 0.2) is 0 Å². The predicted octanol–water partition coefficient (Wildman–Crippen LogP) is 0.804. The Labute approximate surface area is 78.3 Å². The average molecular weight is 187 g/mol. The molecule has 2 nitrogen and oxygen atoms in total. The van der Waals surface area contributed by atoms with E-state index in [4.69, 9.17) is 5.11 Å². The molecular weight excluding hydrogens is 170 g/mol. The standard InChI is InChI=1S/C9H17NOS/c1-10(8-2-3-12-6-8)9-4-7(9)5-11/h7-9,11H,2-6H2,1H3. The number of hydrogen-bond donors (Lipinski definition) is 1. The van der Waals surface area contributed by atoms with E-state index in [-0.39, 0.29) is 0 Å². The second kappa shape index (κ2) is 3.56. The van der Waals surface area contributed by atoms with Crippen LogP contribution in [-0.4, -0.2) is 47.3 Å². The van der Waals surface area contributed by atoms with E-state index in [1.807, 2.05) is 0 Å². The molecule has 0 aromatic rings. The van der Waals surface area contributed by atoms with Crippen molar-refractivity contribution in [3.63, 3.8) is 0 Å². The molecule has 0 aromatic carbocycles. The maximum atomic E-state index is 8.94. The van der Waals surface area contributed by atoms with E-state index in [1.54, 1.807) is 0 Å². The second-order valence-electron chi connectivity index (χ2n) is 3.93. The highest BCUT2D eigenvalue weighted by Gasteiger charge is 2.42. The maximum absolute atomic E-state index is 8.94. The van der Waals surface area contributed by atoms with Crippen LogP contribution < -0.4 is 0 Å². The Hall–Kier alpha value is 0.270. The van der Waals surface area contributed by atoms with Crippen LogP contribution >= 0.6 is 11.8 Å². The molecule has 3 atom stereocenters. The molecule has 0 bridgehead atoms. The number of thioether (sulfide) groups is 1. The van der Waals surface area contributed by atoms with Gasteiger partial charge in [-0.2, -0.15) is 11.8 Å². The molecule has 0 radical (unpaired) electrons. The minimum atomic E-state index is 0.384. The van der Waals surface area contributed by atoms with Crippen LogP contribution in [0.2, 0.25) is 0 Å². The summed E-state index contributed by atoms with van der Waals surface area (Å²) in [5, 5.41) is 8.94. The van der Waals surface area contributed by atoms with E-state index >= 15 is 0 Å². The van der Waals surface area contributed by atoms with Gasteiger partial charge < -0.3 is 5.11 Å². The van der Waals surface area contributed by atoms with Crippen molar-refractivity contribution in [2.75, 3.05) is 25.2 Å². The Morgan fingerprint density at radius 3 is 2.92 bits per heavy atom. The van der Waals surface area contributed by atoms with Gasteiger partial charge in [0, 0.05) is 24.4 Å². The van der Waals surface area contributed by atoms with E-state index < -0.39 is 0 Å². The summed E-state index contributed by atoms with van der Waals surface area (Å²) in [6.07, 6.45) is 2.56. The van der Waals surface area contributed by atoms with Crippen molar-refractivity contribution in [1.29, 1.82) is 0 Å². The zero-order valence-corrected chi connectivity index (χ0v) is 8.39. The molecule has 2 aliphatic rings. The van der Waals surface area contributed by atoms with Gasteiger partial charge in [-0.25, -0.2) is 0 Å². The van der Waals surface area contributed by atoms with Gasteiger partial charge in [0.2, 0.25) is 0 Å². The van der Waals surface area contributed by atoms with Gasteiger partial charge in [0.25, 0.3) is 0 Å². The molecule has 70 valence electrons. The third kappa shape index (κ3) is 1.63. The molecule has 2 fully saturated rings. The van der Waals surface area contributed by atoms with Crippen molar-refractivity contribution in [3.05, 3.63) is 0 Å². The minimum absolute atomic E-state index is 0.384. The largest absolute Gasteiger partial charge is 0.396 e. The van der Waals surface area contributed by atoms with Crippen molar-refractivity contribution >= 4 is 11.8 Å². The molecule has 3 unspecified atom stereocenters. The Balaban J connectivity index is 1.80. The first-order chi connectivity index (χ1) is 5.83. The van der Waals surface area contributed by atoms with Crippen molar-refractivity contribution in [1.82, 2.24) is 4.90 Å². The van der Waals surface area contributed by atoms with Crippen LogP contribution in [0, 0.1) is 5.92 Å². The van der Waals surface area contributed by atoms with Crippen LogP contribution in [0.15, 0.2) is 0 Å². The van der Waals surface area contributed by atoms with Crippen molar-refractivity contribution < 1.29 is 5.11 Å². The Bertz CT molecular complexity index is 159. The summed E-state index contributed by atoms with van der Waals surface area (Å²) in [6, 6.07) is 1.48. The van der Waals surface area contributed by atoms with Crippen molar-refractivity contribution in [2.45, 2.75) is 24.9 Å². The van der Waals surface area contributed by atoms with E-state index in [9.17, 15) is 0 Å². The minimum Gasteiger partial charge on any atom is -0.396 e. The normalized spacial score (nSPS) is 40.8. The van der Waals surface area contributed by atoms with Crippen molar-refractivity contribution in [2.24, 2.45) is 5.92 Å². The van der Waals surface area contributed by atoms with Gasteiger partial charge in [-0.3, -0.25) is 4.90 Å². The summed E-state index contributed by atoms with van der Waals surface area (Å²) < 4.78 is 0. The molecule has 0 aromatic heterocycles. The topological polar surface area (TPSA) is 23.5 Å². The molecule has 1 heterocycles. The number of hydrogen-bond acceptors (Lipinski definition) is 3. The van der Waals surface area contributed by atoms with Gasteiger partial charge in [0.1, 0.15) is 0 Å². The number of nitrogens with zero attached hydrogens (tertiary/aromatic N) is 1. The monoisotopic (exact) mass is 187 g/mol. The van der Waals surface area contributed by atoms with E-state index in [0.29, 0.717) is 18.6 Å². The van der Waals surface area contributed by atoms with E-state index in [0.717, 1.165) is 6.04 Å². The van der Waals surface area contributed by atoms with Gasteiger partial charge >= 0.3 is 0 Å². The molecular formula is C9H17NOS. The molecule has 1 N–H and O–H groups in total. The van der Waals surface area contributed by atoms with Gasteiger partial charge in [0.05, 0.1) is 0 Å². The van der Waals surface area contributed by atoms with Crippen LogP contribution in [0.5, 0.6) is 0 Å². The smallest absolute Gasteiger partial charge is 0.0474 e. The second-order valence-corrected chi connectivity index (χ2v) is 5.08. The SMILES string of the molecule is CN(C1CCSC1)C1CC1CO. The van der Waals surface area contributed by atoms with Crippen LogP contribution in [0.1, 0.15) is 12.8 Å². The fraction of sp³-hybridized carbons (Fsp3) is 1.00. The quantitative estimate of drug-likeness (QED) is 0.707. The summed E-state index contributed by atoms with van der Waals surface area (Å²) in [6.45, 7) is 0.384. The lowest BCUT2D eigenvalue weighted by Crippen LogP contribution is -2.34. The van der Waals surface area contributed by atoms with Gasteiger partial charge in [-0.1, -0.05) is 0 Å². The molecule has 1 aliphatic carbocycles. The third-order valence-corrected chi connectivity index (χ3v) is 4.27. The Morgan fingerprint density at radius 1 is 1.58 bits per heavy atom. The summed E-state index contributed by atoms with van der Waals surface area (Å²) in [4.78, 5) is 2.49. The zero-order valence-electron chi connectivity index (χ0n) is 7.57. The fourth-order valence-corrected chi connectivity index (χ4v) is 3.32. The van der Waals surface area contributed by atoms with E-state index in [1.165, 1.54) is 24.3 Å². The summed E-state index contributed by atoms with van der Waals surface area (Å²) in [5.74, 6) is 3.21. The lowest BCUT2D eigenvalue weighted by atomic mass is 10.2. The summed E-state index contributed by atoms with van der Waals surface area (Å²) in [7, 11) is 2.22. The maximum Gasteiger partial charge on any atom is 0.0474 e. The third-order valence-electron chi connectivity index (χ3n) is 3.12. The molecule has 1 saturated heterocycles. The zero-order chi connectivity index (χ0) is 8.55. The molecule has 1 aliphatic heterocycles. The Morgan fingerprint density at radius 2 is 2.42 bits per heavy atom. The molecule has 0 amide bonds. The van der Waals surface area contributed by atoms with Gasteiger partial charge in [-0.05, 0) is 31.6 Å². The first kappa shape index (κ1) is 8.85. The van der Waals surface area contributed by atoms with Gasteiger partial charge in [-0.15, -0.1) is 0 Å². The number of aliphatic hydroxyl groups excluding tert-OH is 1. The first-order valence-electron chi connectivity index (χ1n) is 4.73. The number of aliphatic hydroxyl groups is 1. The highest BCUT2D eigenvalue weighted by atomic mass is 32.2. The lowest BCUT2D eigenvalue weighted by Gasteiger charge is -2.23. The predicted molar refractivity (Wildman–Crippen MR) is 52.5 cm³/mol. The lowest BCUT2D eigenvalue weighted by molar-refractivity contribution is 0.209. The fourth-order valence-electron chi connectivity index (χ4n) is 2.04. The molecule has 3 heteroatoms. The molecule has 0 spiro atoms. The van der Waals surface area contributed by atoms with Crippen LogP contribution in [0.25, 0.3) is 0 Å². The Kier molecular flexibility index (Phi) is 2.63. The summed E-state index contributed by atoms with van der Waals surface area (Å²) in [5.41, 5.74) is 0. The highest BCUT2D eigenvalue weighted by Crippen LogP contribution is 2.37.